The maximum atomic E-state index is 12.0. The molecule has 2 aromatic heterocycles. The molecule has 0 aliphatic heterocycles. The van der Waals surface area contributed by atoms with E-state index in [2.05, 4.69) is 0 Å². The highest BCUT2D eigenvalue weighted by Crippen LogP contribution is 2.24. The fourth-order valence-corrected chi connectivity index (χ4v) is 2.55. The Bertz CT molecular complexity index is 896. The number of hydrogen-bond acceptors (Lipinski definition) is 4. The number of fused-ring (bicyclic) bond motifs is 1. The molecule has 3 aromatic rings. The molecule has 0 aliphatic rings. The minimum Gasteiger partial charge on any atom is -0.489 e. The molecule has 0 radical (unpaired) electrons. The van der Waals surface area contributed by atoms with Gasteiger partial charge < -0.3 is 13.9 Å². The number of nitrogens with zero attached hydrogens (tertiary/aromatic N) is 1. The van der Waals surface area contributed by atoms with E-state index in [-0.39, 0.29) is 5.78 Å². The van der Waals surface area contributed by atoms with Crippen molar-refractivity contribution in [3.05, 3.63) is 71.5 Å². The molecule has 5 heteroatoms. The normalized spacial score (nSPS) is 10.6. The fourth-order valence-electron chi connectivity index (χ4n) is 2.55. The molecule has 0 atom stereocenters. The van der Waals surface area contributed by atoms with Crippen LogP contribution in [0.3, 0.4) is 0 Å². The number of Topliss-reactive ketones (excluding diaryl/α,β-unsaturated/α-hetero) is 1. The number of carbonyl (C=O) groups is 2. The van der Waals surface area contributed by atoms with Crippen LogP contribution in [0.1, 0.15) is 33.3 Å². The second-order valence-electron chi connectivity index (χ2n) is 5.38. The number of pyridine rings is 1. The standard InChI is InChI=1S/C19H17NO4/c1-13(21)17-11-16(19(22)23-2)18-10-15(8-9-20(17)18)24-12-14-6-4-3-5-7-14/h3-11H,12H2,1-2H3. The van der Waals surface area contributed by atoms with Gasteiger partial charge in [0, 0.05) is 19.2 Å². The van der Waals surface area contributed by atoms with Crippen molar-refractivity contribution in [1.82, 2.24) is 4.40 Å². The Balaban J connectivity index is 1.97. The average molecular weight is 323 g/mol. The molecule has 0 saturated heterocycles. The molecule has 0 spiro atoms. The first kappa shape index (κ1) is 15.8. The summed E-state index contributed by atoms with van der Waals surface area (Å²) in [5.41, 5.74) is 2.40. The molecule has 1 aromatic carbocycles. The van der Waals surface area contributed by atoms with E-state index in [0.29, 0.717) is 29.1 Å². The zero-order valence-electron chi connectivity index (χ0n) is 13.5. The molecule has 24 heavy (non-hydrogen) atoms. The molecular weight excluding hydrogens is 306 g/mol. The fraction of sp³-hybridized carbons (Fsp3) is 0.158. The Morgan fingerprint density at radius 2 is 1.83 bits per heavy atom. The number of carbonyl (C=O) groups excluding carboxylic acids is 2. The Morgan fingerprint density at radius 1 is 1.08 bits per heavy atom. The Hall–Kier alpha value is -3.08. The monoisotopic (exact) mass is 323 g/mol. The summed E-state index contributed by atoms with van der Waals surface area (Å²) in [6.07, 6.45) is 1.72. The molecule has 0 fully saturated rings. The molecule has 0 unspecified atom stereocenters. The summed E-state index contributed by atoms with van der Waals surface area (Å²) in [4.78, 5) is 23.7. The van der Waals surface area contributed by atoms with Gasteiger partial charge >= 0.3 is 5.97 Å². The van der Waals surface area contributed by atoms with Crippen LogP contribution in [0.5, 0.6) is 5.75 Å². The largest absolute Gasteiger partial charge is 0.489 e. The van der Waals surface area contributed by atoms with Crippen molar-refractivity contribution >= 4 is 17.3 Å². The number of hydrogen-bond donors (Lipinski definition) is 0. The number of ketones is 1. The summed E-state index contributed by atoms with van der Waals surface area (Å²) in [5, 5.41) is 0. The lowest BCUT2D eigenvalue weighted by Gasteiger charge is -2.08. The SMILES string of the molecule is COC(=O)c1cc(C(C)=O)n2ccc(OCc3ccccc3)cc12. The Labute approximate surface area is 139 Å². The van der Waals surface area contributed by atoms with Crippen LogP contribution in [0.15, 0.2) is 54.7 Å². The maximum absolute atomic E-state index is 12.0. The zero-order chi connectivity index (χ0) is 17.1. The number of rotatable bonds is 5. The van der Waals surface area contributed by atoms with Gasteiger partial charge in [-0.05, 0) is 17.7 Å². The smallest absolute Gasteiger partial charge is 0.340 e. The van der Waals surface area contributed by atoms with Gasteiger partial charge in [-0.25, -0.2) is 4.79 Å². The van der Waals surface area contributed by atoms with Crippen molar-refractivity contribution in [3.63, 3.8) is 0 Å². The van der Waals surface area contributed by atoms with Gasteiger partial charge in [0.05, 0.1) is 23.9 Å². The Morgan fingerprint density at radius 3 is 2.50 bits per heavy atom. The molecule has 0 aliphatic carbocycles. The number of methoxy groups -OCH3 is 1. The first-order valence-electron chi connectivity index (χ1n) is 7.51. The third kappa shape index (κ3) is 3.01. The molecule has 5 nitrogen and oxygen atoms in total. The number of esters is 1. The third-order valence-corrected chi connectivity index (χ3v) is 3.76. The summed E-state index contributed by atoms with van der Waals surface area (Å²) in [6, 6.07) is 14.8. The molecule has 3 rings (SSSR count). The van der Waals surface area contributed by atoms with Crippen LogP contribution >= 0.6 is 0 Å². The van der Waals surface area contributed by atoms with Gasteiger partial charge in [-0.3, -0.25) is 4.79 Å². The van der Waals surface area contributed by atoms with Crippen molar-refractivity contribution < 1.29 is 19.1 Å². The van der Waals surface area contributed by atoms with E-state index in [1.807, 2.05) is 30.3 Å². The highest BCUT2D eigenvalue weighted by molar-refractivity contribution is 6.03. The van der Waals surface area contributed by atoms with Gasteiger partial charge in [0.1, 0.15) is 12.4 Å². The van der Waals surface area contributed by atoms with Crippen molar-refractivity contribution in [2.45, 2.75) is 13.5 Å². The second-order valence-corrected chi connectivity index (χ2v) is 5.38. The Kier molecular flexibility index (Phi) is 4.33. The van der Waals surface area contributed by atoms with Crippen LogP contribution in [0.4, 0.5) is 0 Å². The van der Waals surface area contributed by atoms with Crippen LogP contribution in [0.25, 0.3) is 5.52 Å². The third-order valence-electron chi connectivity index (χ3n) is 3.76. The summed E-state index contributed by atoms with van der Waals surface area (Å²) < 4.78 is 12.3. The van der Waals surface area contributed by atoms with Gasteiger partial charge in [-0.1, -0.05) is 30.3 Å². The van der Waals surface area contributed by atoms with Gasteiger partial charge in [-0.2, -0.15) is 0 Å². The van der Waals surface area contributed by atoms with E-state index in [1.165, 1.54) is 14.0 Å². The predicted molar refractivity (Wildman–Crippen MR) is 89.5 cm³/mol. The van der Waals surface area contributed by atoms with Crippen LogP contribution in [-0.4, -0.2) is 23.3 Å². The summed E-state index contributed by atoms with van der Waals surface area (Å²) in [7, 11) is 1.31. The predicted octanol–water partition coefficient (Wildman–Crippen LogP) is 3.51. The van der Waals surface area contributed by atoms with E-state index >= 15 is 0 Å². The first-order chi connectivity index (χ1) is 11.6. The van der Waals surface area contributed by atoms with E-state index in [0.717, 1.165) is 5.56 Å². The molecule has 122 valence electrons. The zero-order valence-corrected chi connectivity index (χ0v) is 13.5. The van der Waals surface area contributed by atoms with Crippen LogP contribution in [-0.2, 0) is 11.3 Å². The van der Waals surface area contributed by atoms with E-state index in [4.69, 9.17) is 9.47 Å². The van der Waals surface area contributed by atoms with Crippen LogP contribution in [0, 0.1) is 0 Å². The summed E-state index contributed by atoms with van der Waals surface area (Å²) >= 11 is 0. The summed E-state index contributed by atoms with van der Waals surface area (Å²) in [6.45, 7) is 1.88. The van der Waals surface area contributed by atoms with Crippen LogP contribution in [0.2, 0.25) is 0 Å². The highest BCUT2D eigenvalue weighted by Gasteiger charge is 2.18. The second kappa shape index (κ2) is 6.58. The lowest BCUT2D eigenvalue weighted by atomic mass is 10.2. The number of aromatic nitrogens is 1. The van der Waals surface area contributed by atoms with Crippen molar-refractivity contribution in [3.8, 4) is 5.75 Å². The van der Waals surface area contributed by atoms with E-state index in [9.17, 15) is 9.59 Å². The van der Waals surface area contributed by atoms with Gasteiger partial charge in [0.25, 0.3) is 0 Å². The lowest BCUT2D eigenvalue weighted by molar-refractivity contribution is 0.0603. The molecule has 0 amide bonds. The number of benzene rings is 1. The minimum atomic E-state index is -0.486. The first-order valence-corrected chi connectivity index (χ1v) is 7.51. The quantitative estimate of drug-likeness (QED) is 0.532. The lowest BCUT2D eigenvalue weighted by Crippen LogP contribution is -2.01. The van der Waals surface area contributed by atoms with Gasteiger partial charge in [0.2, 0.25) is 0 Å². The van der Waals surface area contributed by atoms with Crippen molar-refractivity contribution in [1.29, 1.82) is 0 Å². The maximum Gasteiger partial charge on any atom is 0.340 e. The number of ether oxygens (including phenoxy) is 2. The van der Waals surface area contributed by atoms with E-state index < -0.39 is 5.97 Å². The topological polar surface area (TPSA) is 57.0 Å². The van der Waals surface area contributed by atoms with Crippen molar-refractivity contribution in [2.75, 3.05) is 7.11 Å². The molecule has 2 heterocycles. The van der Waals surface area contributed by atoms with Crippen molar-refractivity contribution in [2.24, 2.45) is 0 Å². The molecule has 0 saturated carbocycles. The van der Waals surface area contributed by atoms with Crippen LogP contribution < -0.4 is 4.74 Å². The summed E-state index contributed by atoms with van der Waals surface area (Å²) in [5.74, 6) is 0.00280. The molecular formula is C19H17NO4. The molecule has 0 bridgehead atoms. The molecule has 0 N–H and O–H groups in total. The van der Waals surface area contributed by atoms with Gasteiger partial charge in [-0.15, -0.1) is 0 Å². The average Bonchev–Trinajstić information content (AvgIpc) is 2.99. The van der Waals surface area contributed by atoms with E-state index in [1.54, 1.807) is 28.8 Å². The highest BCUT2D eigenvalue weighted by atomic mass is 16.5. The van der Waals surface area contributed by atoms with Gasteiger partial charge in [0.15, 0.2) is 5.78 Å². The minimum absolute atomic E-state index is 0.127.